The fraction of sp³-hybridized carbons (Fsp3) is 0.444. The Morgan fingerprint density at radius 3 is 2.59 bits per heavy atom. The lowest BCUT2D eigenvalue weighted by Gasteiger charge is -2.16. The highest BCUT2D eigenvalue weighted by molar-refractivity contribution is 5.96. The molecular weight excluding hydrogens is 274 g/mol. The first-order valence-electron chi connectivity index (χ1n) is 7.79. The standard InChI is InChI=1S/C18H27N3O/c1-5-14(2)21-15(3)18(22)20-12-11-17(19-4)13-16-9-7-6-8-10-16/h6-10,17,19H,3,5,11-13H2,1-2,4H3,(H,20,22). The van der Waals surface area contributed by atoms with Crippen molar-refractivity contribution >= 4 is 11.6 Å². The van der Waals surface area contributed by atoms with Gasteiger partial charge in [0.2, 0.25) is 0 Å². The molecule has 2 N–H and O–H groups in total. The zero-order chi connectivity index (χ0) is 16.4. The minimum atomic E-state index is -0.192. The monoisotopic (exact) mass is 301 g/mol. The second-order valence-electron chi connectivity index (χ2n) is 5.37. The summed E-state index contributed by atoms with van der Waals surface area (Å²) in [5.74, 6) is -0.192. The molecule has 0 heterocycles. The molecule has 0 bridgehead atoms. The average Bonchev–Trinajstić information content (AvgIpc) is 2.54. The van der Waals surface area contributed by atoms with Gasteiger partial charge in [-0.1, -0.05) is 43.8 Å². The van der Waals surface area contributed by atoms with Gasteiger partial charge in [-0.05, 0) is 38.8 Å². The van der Waals surface area contributed by atoms with Crippen LogP contribution in [0.2, 0.25) is 0 Å². The maximum Gasteiger partial charge on any atom is 0.269 e. The number of hydrogen-bond acceptors (Lipinski definition) is 3. The van der Waals surface area contributed by atoms with Crippen molar-refractivity contribution < 1.29 is 4.79 Å². The van der Waals surface area contributed by atoms with Crippen LogP contribution in [-0.2, 0) is 11.2 Å². The quantitative estimate of drug-likeness (QED) is 0.544. The molecule has 0 aliphatic rings. The van der Waals surface area contributed by atoms with E-state index in [0.29, 0.717) is 12.6 Å². The van der Waals surface area contributed by atoms with Gasteiger partial charge in [-0.3, -0.25) is 9.79 Å². The SMILES string of the molecule is C=C(N=C(C)CC)C(=O)NCCC(Cc1ccccc1)NC. The number of nitrogens with zero attached hydrogens (tertiary/aromatic N) is 1. The van der Waals surface area contributed by atoms with E-state index in [4.69, 9.17) is 0 Å². The number of amides is 1. The predicted molar refractivity (Wildman–Crippen MR) is 93.2 cm³/mol. The summed E-state index contributed by atoms with van der Waals surface area (Å²) in [6.45, 7) is 8.22. The lowest BCUT2D eigenvalue weighted by molar-refractivity contribution is -0.117. The molecule has 1 aromatic carbocycles. The molecule has 1 aromatic rings. The van der Waals surface area contributed by atoms with Gasteiger partial charge >= 0.3 is 0 Å². The molecule has 0 spiro atoms. The van der Waals surface area contributed by atoms with Crippen LogP contribution >= 0.6 is 0 Å². The maximum absolute atomic E-state index is 11.9. The van der Waals surface area contributed by atoms with Crippen molar-refractivity contribution in [2.75, 3.05) is 13.6 Å². The molecule has 0 saturated heterocycles. The predicted octanol–water partition coefficient (Wildman–Crippen LogP) is 2.71. The molecule has 0 aliphatic heterocycles. The summed E-state index contributed by atoms with van der Waals surface area (Å²) >= 11 is 0. The van der Waals surface area contributed by atoms with Crippen LogP contribution in [0.4, 0.5) is 0 Å². The van der Waals surface area contributed by atoms with Gasteiger partial charge in [0.05, 0.1) is 0 Å². The topological polar surface area (TPSA) is 53.5 Å². The molecular formula is C18H27N3O. The molecule has 22 heavy (non-hydrogen) atoms. The van der Waals surface area contributed by atoms with Crippen molar-refractivity contribution in [2.24, 2.45) is 4.99 Å². The fourth-order valence-electron chi connectivity index (χ4n) is 2.07. The van der Waals surface area contributed by atoms with Crippen LogP contribution < -0.4 is 10.6 Å². The molecule has 0 radical (unpaired) electrons. The first kappa shape index (κ1) is 18.1. The summed E-state index contributed by atoms with van der Waals surface area (Å²) in [5, 5.41) is 6.17. The van der Waals surface area contributed by atoms with Crippen LogP contribution in [0.25, 0.3) is 0 Å². The van der Waals surface area contributed by atoms with Gasteiger partial charge in [0.15, 0.2) is 0 Å². The van der Waals surface area contributed by atoms with Gasteiger partial charge in [-0.2, -0.15) is 0 Å². The van der Waals surface area contributed by atoms with Crippen LogP contribution in [0.15, 0.2) is 47.6 Å². The van der Waals surface area contributed by atoms with Gasteiger partial charge < -0.3 is 10.6 Å². The molecule has 0 fully saturated rings. The van der Waals surface area contributed by atoms with E-state index in [1.165, 1.54) is 5.56 Å². The van der Waals surface area contributed by atoms with E-state index in [1.807, 2.05) is 39.1 Å². The van der Waals surface area contributed by atoms with Crippen LogP contribution in [0.3, 0.4) is 0 Å². The Morgan fingerprint density at radius 2 is 2.00 bits per heavy atom. The number of carbonyl (C=O) groups excluding carboxylic acids is 1. The largest absolute Gasteiger partial charge is 0.351 e. The number of benzene rings is 1. The molecule has 1 rings (SSSR count). The highest BCUT2D eigenvalue weighted by Crippen LogP contribution is 2.05. The first-order chi connectivity index (χ1) is 10.6. The summed E-state index contributed by atoms with van der Waals surface area (Å²) in [6, 6.07) is 10.7. The Labute approximate surface area is 133 Å². The first-order valence-corrected chi connectivity index (χ1v) is 7.79. The summed E-state index contributed by atoms with van der Waals surface area (Å²) in [4.78, 5) is 16.1. The Balaban J connectivity index is 2.38. The zero-order valence-corrected chi connectivity index (χ0v) is 13.9. The van der Waals surface area contributed by atoms with E-state index in [0.717, 1.165) is 25.0 Å². The summed E-state index contributed by atoms with van der Waals surface area (Å²) < 4.78 is 0. The molecule has 120 valence electrons. The highest BCUT2D eigenvalue weighted by atomic mass is 16.2. The van der Waals surface area contributed by atoms with Crippen LogP contribution in [0.1, 0.15) is 32.3 Å². The van der Waals surface area contributed by atoms with E-state index in [-0.39, 0.29) is 11.6 Å². The lowest BCUT2D eigenvalue weighted by Crippen LogP contribution is -2.34. The van der Waals surface area contributed by atoms with Gasteiger partial charge in [0, 0.05) is 18.3 Å². The number of rotatable bonds is 9. The maximum atomic E-state index is 11.9. The molecule has 0 saturated carbocycles. The van der Waals surface area contributed by atoms with Gasteiger partial charge in [0.25, 0.3) is 5.91 Å². The molecule has 1 amide bonds. The van der Waals surface area contributed by atoms with E-state index in [9.17, 15) is 4.79 Å². The molecule has 0 aromatic heterocycles. The number of nitrogens with one attached hydrogen (secondary N) is 2. The molecule has 4 nitrogen and oxygen atoms in total. The second kappa shape index (κ2) is 9.90. The van der Waals surface area contributed by atoms with E-state index >= 15 is 0 Å². The molecule has 4 heteroatoms. The minimum Gasteiger partial charge on any atom is -0.351 e. The Bertz CT molecular complexity index is 508. The minimum absolute atomic E-state index is 0.192. The van der Waals surface area contributed by atoms with Gasteiger partial charge in [-0.25, -0.2) is 0 Å². The third-order valence-electron chi connectivity index (χ3n) is 3.61. The fourth-order valence-corrected chi connectivity index (χ4v) is 2.07. The van der Waals surface area contributed by atoms with Gasteiger partial charge in [0.1, 0.15) is 5.70 Å². The number of likely N-dealkylation sites (N-methyl/N-ethyl adjacent to an activating group) is 1. The van der Waals surface area contributed by atoms with E-state index in [2.05, 4.69) is 34.3 Å². The van der Waals surface area contributed by atoms with Gasteiger partial charge in [-0.15, -0.1) is 0 Å². The zero-order valence-electron chi connectivity index (χ0n) is 13.9. The van der Waals surface area contributed by atoms with Crippen LogP contribution in [0.5, 0.6) is 0 Å². The lowest BCUT2D eigenvalue weighted by atomic mass is 10.0. The highest BCUT2D eigenvalue weighted by Gasteiger charge is 2.09. The number of aliphatic imine (C=N–C) groups is 1. The van der Waals surface area contributed by atoms with Crippen molar-refractivity contribution in [3.8, 4) is 0 Å². The van der Waals surface area contributed by atoms with Crippen LogP contribution in [0, 0.1) is 0 Å². The van der Waals surface area contributed by atoms with E-state index < -0.39 is 0 Å². The average molecular weight is 301 g/mol. The molecule has 1 atom stereocenters. The number of hydrogen-bond donors (Lipinski definition) is 2. The Kier molecular flexibility index (Phi) is 8.15. The third kappa shape index (κ3) is 6.68. The number of carbonyl (C=O) groups is 1. The van der Waals surface area contributed by atoms with Crippen molar-refractivity contribution in [1.29, 1.82) is 0 Å². The second-order valence-corrected chi connectivity index (χ2v) is 5.37. The summed E-state index contributed by atoms with van der Waals surface area (Å²) in [6.07, 6.45) is 2.63. The van der Waals surface area contributed by atoms with Crippen molar-refractivity contribution in [1.82, 2.24) is 10.6 Å². The smallest absolute Gasteiger partial charge is 0.269 e. The molecule has 0 aliphatic carbocycles. The third-order valence-corrected chi connectivity index (χ3v) is 3.61. The van der Waals surface area contributed by atoms with Crippen LogP contribution in [-0.4, -0.2) is 31.3 Å². The Morgan fingerprint density at radius 1 is 1.32 bits per heavy atom. The molecule has 1 unspecified atom stereocenters. The normalized spacial score (nSPS) is 12.8. The summed E-state index contributed by atoms with van der Waals surface area (Å²) in [5.41, 5.74) is 2.49. The Hall–Kier alpha value is -1.94. The van der Waals surface area contributed by atoms with Crippen molar-refractivity contribution in [3.63, 3.8) is 0 Å². The van der Waals surface area contributed by atoms with Crippen molar-refractivity contribution in [3.05, 3.63) is 48.2 Å². The van der Waals surface area contributed by atoms with E-state index in [1.54, 1.807) is 0 Å². The van der Waals surface area contributed by atoms with Crippen molar-refractivity contribution in [2.45, 2.75) is 39.2 Å². The summed E-state index contributed by atoms with van der Waals surface area (Å²) in [7, 11) is 1.95.